The van der Waals surface area contributed by atoms with Crippen molar-refractivity contribution in [3.05, 3.63) is 89.2 Å². The quantitative estimate of drug-likeness (QED) is 0.191. The molecule has 6 rings (SSSR count). The van der Waals surface area contributed by atoms with Crippen LogP contribution in [-0.2, 0) is 4.79 Å². The standard InChI is InChI=1S/C33H31ClFN7O3/c1-19-5-4-6-21(15-19)37-32(43)27-18-36-13-14-42(27)31-30-26(40-33(41-31)38-22-8-9-24(35)23(34)17-22)11-10-25(39-30)20-7-12-28(44-2)29(16-20)45-3/h4-12,15-17,27,36H,13-14,18H2,1-3H3,(H,37,43)(H,38,40,41). The highest BCUT2D eigenvalue weighted by Gasteiger charge is 2.32. The van der Waals surface area contributed by atoms with Crippen molar-refractivity contribution in [2.45, 2.75) is 13.0 Å². The van der Waals surface area contributed by atoms with E-state index in [9.17, 15) is 9.18 Å². The number of halogens is 2. The van der Waals surface area contributed by atoms with E-state index in [1.54, 1.807) is 20.3 Å². The molecule has 1 unspecified atom stereocenters. The van der Waals surface area contributed by atoms with E-state index in [0.29, 0.717) is 65.1 Å². The first-order valence-corrected chi connectivity index (χ1v) is 14.7. The van der Waals surface area contributed by atoms with Crippen LogP contribution in [0.5, 0.6) is 11.5 Å². The summed E-state index contributed by atoms with van der Waals surface area (Å²) in [6.45, 7) is 3.49. The molecule has 2 aromatic heterocycles. The molecule has 3 aromatic carbocycles. The number of anilines is 4. The first kappa shape index (κ1) is 30.0. The Bertz CT molecular complexity index is 1890. The number of piperazine rings is 1. The molecule has 1 saturated heterocycles. The molecule has 0 spiro atoms. The average Bonchev–Trinajstić information content (AvgIpc) is 3.05. The van der Waals surface area contributed by atoms with E-state index >= 15 is 0 Å². The molecule has 1 amide bonds. The lowest BCUT2D eigenvalue weighted by Gasteiger charge is -2.36. The Balaban J connectivity index is 1.45. The van der Waals surface area contributed by atoms with Gasteiger partial charge in [0.1, 0.15) is 17.4 Å². The molecule has 1 aliphatic heterocycles. The zero-order valence-electron chi connectivity index (χ0n) is 24.9. The molecule has 0 aliphatic carbocycles. The molecule has 230 valence electrons. The summed E-state index contributed by atoms with van der Waals surface area (Å²) in [5, 5.41) is 9.48. The highest BCUT2D eigenvalue weighted by atomic mass is 35.5. The molecule has 12 heteroatoms. The number of hydrogen-bond donors (Lipinski definition) is 3. The van der Waals surface area contributed by atoms with Crippen LogP contribution in [0.1, 0.15) is 5.56 Å². The van der Waals surface area contributed by atoms with Gasteiger partial charge in [0.15, 0.2) is 17.3 Å². The van der Waals surface area contributed by atoms with Crippen molar-refractivity contribution in [2.75, 3.05) is 49.4 Å². The van der Waals surface area contributed by atoms with E-state index in [1.807, 2.05) is 66.4 Å². The predicted octanol–water partition coefficient (Wildman–Crippen LogP) is 5.97. The summed E-state index contributed by atoms with van der Waals surface area (Å²) < 4.78 is 24.8. The first-order chi connectivity index (χ1) is 21.8. The van der Waals surface area contributed by atoms with Crippen LogP contribution in [0.3, 0.4) is 0 Å². The summed E-state index contributed by atoms with van der Waals surface area (Å²) in [6.07, 6.45) is 0. The molecule has 1 aliphatic rings. The number of carbonyl (C=O) groups excluding carboxylic acids is 1. The number of nitrogens with one attached hydrogen (secondary N) is 3. The highest BCUT2D eigenvalue weighted by molar-refractivity contribution is 6.31. The summed E-state index contributed by atoms with van der Waals surface area (Å²) in [5.41, 5.74) is 4.79. The van der Waals surface area contributed by atoms with E-state index in [1.165, 1.54) is 12.1 Å². The van der Waals surface area contributed by atoms with Gasteiger partial charge in [0.25, 0.3) is 0 Å². The first-order valence-electron chi connectivity index (χ1n) is 14.3. The maximum absolute atomic E-state index is 13.9. The van der Waals surface area contributed by atoms with Crippen LogP contribution >= 0.6 is 11.6 Å². The summed E-state index contributed by atoms with van der Waals surface area (Å²) in [7, 11) is 3.16. The normalized spacial score (nSPS) is 14.7. The molecule has 0 saturated carbocycles. The minimum atomic E-state index is -0.600. The van der Waals surface area contributed by atoms with Crippen molar-refractivity contribution in [2.24, 2.45) is 0 Å². The van der Waals surface area contributed by atoms with Crippen molar-refractivity contribution in [1.29, 1.82) is 0 Å². The van der Waals surface area contributed by atoms with Gasteiger partial charge < -0.3 is 30.3 Å². The number of aromatic nitrogens is 3. The van der Waals surface area contributed by atoms with Gasteiger partial charge in [-0.05, 0) is 73.2 Å². The molecule has 3 N–H and O–H groups in total. The van der Waals surface area contributed by atoms with Gasteiger partial charge in [-0.2, -0.15) is 4.98 Å². The van der Waals surface area contributed by atoms with Crippen molar-refractivity contribution >= 4 is 51.7 Å². The number of fused-ring (bicyclic) bond motifs is 1. The zero-order chi connectivity index (χ0) is 31.5. The number of pyridine rings is 1. The maximum Gasteiger partial charge on any atom is 0.248 e. The number of nitrogens with zero attached hydrogens (tertiary/aromatic N) is 4. The van der Waals surface area contributed by atoms with Gasteiger partial charge >= 0.3 is 0 Å². The molecule has 5 aromatic rings. The molecular weight excluding hydrogens is 597 g/mol. The van der Waals surface area contributed by atoms with E-state index in [0.717, 1.165) is 11.1 Å². The van der Waals surface area contributed by atoms with E-state index in [-0.39, 0.29) is 16.9 Å². The lowest BCUT2D eigenvalue weighted by Crippen LogP contribution is -2.57. The molecule has 10 nitrogen and oxygen atoms in total. The van der Waals surface area contributed by atoms with E-state index < -0.39 is 11.9 Å². The molecular formula is C33H31ClFN7O3. The third-order valence-corrected chi connectivity index (χ3v) is 7.77. The zero-order valence-corrected chi connectivity index (χ0v) is 25.7. The Labute approximate surface area is 264 Å². The molecule has 45 heavy (non-hydrogen) atoms. The van der Waals surface area contributed by atoms with Gasteiger partial charge in [-0.1, -0.05) is 23.7 Å². The fraction of sp³-hybridized carbons (Fsp3) is 0.212. The van der Waals surface area contributed by atoms with Gasteiger partial charge in [-0.15, -0.1) is 0 Å². The third-order valence-electron chi connectivity index (χ3n) is 7.48. The number of hydrogen-bond acceptors (Lipinski definition) is 9. The fourth-order valence-corrected chi connectivity index (χ4v) is 5.44. The van der Waals surface area contributed by atoms with Crippen LogP contribution in [0.4, 0.5) is 27.5 Å². The minimum Gasteiger partial charge on any atom is -0.493 e. The smallest absolute Gasteiger partial charge is 0.248 e. The molecule has 1 fully saturated rings. The van der Waals surface area contributed by atoms with Crippen LogP contribution in [0.2, 0.25) is 5.02 Å². The van der Waals surface area contributed by atoms with Gasteiger partial charge in [0.2, 0.25) is 11.9 Å². The second-order valence-electron chi connectivity index (χ2n) is 10.5. The van der Waals surface area contributed by atoms with Crippen molar-refractivity contribution in [3.8, 4) is 22.8 Å². The van der Waals surface area contributed by atoms with E-state index in [4.69, 9.17) is 36.0 Å². The molecule has 0 radical (unpaired) electrons. The Kier molecular flexibility index (Phi) is 8.63. The van der Waals surface area contributed by atoms with Crippen LogP contribution in [0.15, 0.2) is 72.8 Å². The summed E-state index contributed by atoms with van der Waals surface area (Å²) in [4.78, 5) is 30.2. The predicted molar refractivity (Wildman–Crippen MR) is 174 cm³/mol. The number of benzene rings is 3. The fourth-order valence-electron chi connectivity index (χ4n) is 5.25. The Morgan fingerprint density at radius 2 is 1.82 bits per heavy atom. The largest absolute Gasteiger partial charge is 0.493 e. The van der Waals surface area contributed by atoms with E-state index in [2.05, 4.69) is 16.0 Å². The minimum absolute atomic E-state index is 0.0303. The number of ether oxygens (including phenoxy) is 2. The Morgan fingerprint density at radius 1 is 0.978 bits per heavy atom. The second-order valence-corrected chi connectivity index (χ2v) is 10.9. The Morgan fingerprint density at radius 3 is 2.60 bits per heavy atom. The van der Waals surface area contributed by atoms with Crippen LogP contribution in [-0.4, -0.2) is 60.8 Å². The van der Waals surface area contributed by atoms with Crippen molar-refractivity contribution in [3.63, 3.8) is 0 Å². The third kappa shape index (κ3) is 6.45. The lowest BCUT2D eigenvalue weighted by molar-refractivity contribution is -0.117. The van der Waals surface area contributed by atoms with Gasteiger partial charge in [0, 0.05) is 36.6 Å². The van der Waals surface area contributed by atoms with Crippen LogP contribution in [0.25, 0.3) is 22.3 Å². The molecule has 3 heterocycles. The average molecular weight is 628 g/mol. The summed E-state index contributed by atoms with van der Waals surface area (Å²) in [5.74, 6) is 1.18. The van der Waals surface area contributed by atoms with Gasteiger partial charge in [-0.3, -0.25) is 4.79 Å². The highest BCUT2D eigenvalue weighted by Crippen LogP contribution is 2.34. The number of rotatable bonds is 8. The summed E-state index contributed by atoms with van der Waals surface area (Å²) >= 11 is 6.03. The summed E-state index contributed by atoms with van der Waals surface area (Å²) in [6, 6.07) is 20.6. The number of aryl methyl sites for hydroxylation is 1. The maximum atomic E-state index is 13.9. The monoisotopic (exact) mass is 627 g/mol. The molecule has 1 atom stereocenters. The van der Waals surface area contributed by atoms with Crippen LogP contribution in [0, 0.1) is 12.7 Å². The van der Waals surface area contributed by atoms with Crippen molar-refractivity contribution in [1.82, 2.24) is 20.3 Å². The Hall–Kier alpha value is -5.00. The topological polar surface area (TPSA) is 114 Å². The SMILES string of the molecule is COc1ccc(-c2ccc3nc(Nc4ccc(F)c(Cl)c4)nc(N4CCNCC4C(=O)Nc4cccc(C)c4)c3n2)cc1OC. The van der Waals surface area contributed by atoms with Crippen LogP contribution < -0.4 is 30.3 Å². The number of carbonyl (C=O) groups is 1. The van der Waals surface area contributed by atoms with Crippen molar-refractivity contribution < 1.29 is 18.7 Å². The number of methoxy groups -OCH3 is 2. The van der Waals surface area contributed by atoms with Gasteiger partial charge in [0.05, 0.1) is 30.5 Å². The second kappa shape index (κ2) is 12.9. The van der Waals surface area contributed by atoms with Gasteiger partial charge in [-0.25, -0.2) is 14.4 Å². The lowest BCUT2D eigenvalue weighted by atomic mass is 10.1. The number of amides is 1. The molecule has 0 bridgehead atoms.